The zero-order chi connectivity index (χ0) is 18.1. The maximum atomic E-state index is 12.5. The summed E-state index contributed by atoms with van der Waals surface area (Å²) in [7, 11) is 0. The molecule has 128 valence electrons. The number of carbonyl (C=O) groups is 2. The van der Waals surface area contributed by atoms with Gasteiger partial charge in [0, 0.05) is 21.7 Å². The van der Waals surface area contributed by atoms with Crippen molar-refractivity contribution in [2.45, 2.75) is 6.54 Å². The molecule has 1 heterocycles. The highest BCUT2D eigenvalue weighted by Gasteiger charge is 2.35. The van der Waals surface area contributed by atoms with E-state index in [4.69, 9.17) is 23.2 Å². The molecule has 8 heteroatoms. The van der Waals surface area contributed by atoms with Crippen molar-refractivity contribution in [2.75, 3.05) is 0 Å². The third kappa shape index (κ3) is 3.76. The quantitative estimate of drug-likeness (QED) is 0.739. The van der Waals surface area contributed by atoms with E-state index in [0.717, 1.165) is 22.7 Å². The molecule has 2 aromatic carbocycles. The van der Waals surface area contributed by atoms with E-state index < -0.39 is 11.1 Å². The van der Waals surface area contributed by atoms with E-state index in [9.17, 15) is 19.8 Å². The second-order valence-electron chi connectivity index (χ2n) is 5.25. The average molecular weight is 396 g/mol. The summed E-state index contributed by atoms with van der Waals surface area (Å²) in [6.45, 7) is 0.0274. The van der Waals surface area contributed by atoms with E-state index in [0.29, 0.717) is 21.2 Å². The smallest absolute Gasteiger partial charge is 0.293 e. The Bertz CT molecular complexity index is 914. The molecule has 0 saturated carbocycles. The normalized spacial score (nSPS) is 16.1. The number of nitrogens with zero attached hydrogens (tertiary/aromatic N) is 1. The molecule has 1 aliphatic rings. The molecule has 25 heavy (non-hydrogen) atoms. The van der Waals surface area contributed by atoms with Gasteiger partial charge in [-0.3, -0.25) is 14.5 Å². The van der Waals surface area contributed by atoms with Crippen LogP contribution in [-0.2, 0) is 11.3 Å². The second kappa shape index (κ2) is 7.00. The van der Waals surface area contributed by atoms with Gasteiger partial charge in [-0.15, -0.1) is 0 Å². The Morgan fingerprint density at radius 1 is 1.08 bits per heavy atom. The fourth-order valence-electron chi connectivity index (χ4n) is 2.25. The van der Waals surface area contributed by atoms with E-state index in [-0.39, 0.29) is 22.9 Å². The minimum Gasteiger partial charge on any atom is -0.508 e. The van der Waals surface area contributed by atoms with Crippen molar-refractivity contribution < 1.29 is 19.8 Å². The first-order valence-electron chi connectivity index (χ1n) is 7.06. The lowest BCUT2D eigenvalue weighted by Crippen LogP contribution is -2.27. The molecule has 5 nitrogen and oxygen atoms in total. The molecule has 2 aromatic rings. The van der Waals surface area contributed by atoms with Gasteiger partial charge in [-0.05, 0) is 47.7 Å². The number of rotatable bonds is 3. The van der Waals surface area contributed by atoms with Crippen LogP contribution < -0.4 is 0 Å². The number of phenols is 2. The van der Waals surface area contributed by atoms with Crippen LogP contribution in [0.3, 0.4) is 0 Å². The van der Waals surface area contributed by atoms with Gasteiger partial charge in [-0.25, -0.2) is 0 Å². The van der Waals surface area contributed by atoms with Gasteiger partial charge in [-0.2, -0.15) is 0 Å². The van der Waals surface area contributed by atoms with Gasteiger partial charge in [-0.1, -0.05) is 29.3 Å². The molecular weight excluding hydrogens is 385 g/mol. The highest BCUT2D eigenvalue weighted by atomic mass is 35.5. The van der Waals surface area contributed by atoms with E-state index >= 15 is 0 Å². The van der Waals surface area contributed by atoms with Crippen LogP contribution in [-0.4, -0.2) is 26.3 Å². The number of carbonyl (C=O) groups excluding carboxylic acids is 2. The number of phenolic OH excluding ortho intramolecular Hbond substituents is 2. The lowest BCUT2D eigenvalue weighted by atomic mass is 10.1. The van der Waals surface area contributed by atoms with Crippen molar-refractivity contribution in [2.24, 2.45) is 0 Å². The number of hydrogen-bond acceptors (Lipinski definition) is 5. The van der Waals surface area contributed by atoms with Crippen LogP contribution in [0, 0.1) is 0 Å². The molecule has 0 aliphatic carbocycles. The summed E-state index contributed by atoms with van der Waals surface area (Å²) < 4.78 is 0. The van der Waals surface area contributed by atoms with E-state index in [1.807, 2.05) is 0 Å². The molecule has 0 aromatic heterocycles. The fourth-order valence-corrected chi connectivity index (χ4v) is 3.55. The lowest BCUT2D eigenvalue weighted by molar-refractivity contribution is -0.123. The van der Waals surface area contributed by atoms with Crippen LogP contribution in [0.4, 0.5) is 4.79 Å². The molecule has 0 bridgehead atoms. The van der Waals surface area contributed by atoms with Gasteiger partial charge >= 0.3 is 0 Å². The highest BCUT2D eigenvalue weighted by molar-refractivity contribution is 8.18. The van der Waals surface area contributed by atoms with E-state index in [1.54, 1.807) is 18.2 Å². The largest absolute Gasteiger partial charge is 0.508 e. The second-order valence-corrected chi connectivity index (χ2v) is 7.08. The zero-order valence-corrected chi connectivity index (χ0v) is 14.9. The number of imide groups is 1. The molecule has 2 N–H and O–H groups in total. The molecule has 0 radical (unpaired) electrons. The Balaban J connectivity index is 1.86. The Kier molecular flexibility index (Phi) is 4.94. The Hall–Kier alpha value is -2.15. The minimum atomic E-state index is -0.478. The van der Waals surface area contributed by atoms with Gasteiger partial charge in [0.15, 0.2) is 0 Å². The van der Waals surface area contributed by atoms with Crippen molar-refractivity contribution in [1.82, 2.24) is 4.90 Å². The number of hydrogen-bond donors (Lipinski definition) is 2. The number of aromatic hydroxyl groups is 2. The fraction of sp³-hybridized carbons (Fsp3) is 0.0588. The minimum absolute atomic E-state index is 0.0274. The molecule has 1 aliphatic heterocycles. The van der Waals surface area contributed by atoms with E-state index in [1.165, 1.54) is 18.2 Å². The van der Waals surface area contributed by atoms with Crippen molar-refractivity contribution in [3.63, 3.8) is 0 Å². The summed E-state index contributed by atoms with van der Waals surface area (Å²) in [6, 6.07) is 8.82. The Morgan fingerprint density at radius 3 is 2.52 bits per heavy atom. The maximum absolute atomic E-state index is 12.5. The zero-order valence-electron chi connectivity index (χ0n) is 12.6. The molecule has 0 spiro atoms. The molecule has 2 amide bonds. The van der Waals surface area contributed by atoms with Crippen LogP contribution >= 0.6 is 35.0 Å². The molecule has 0 unspecified atom stereocenters. The average Bonchev–Trinajstić information content (AvgIpc) is 2.80. The van der Waals surface area contributed by atoms with Gasteiger partial charge in [0.1, 0.15) is 11.5 Å². The summed E-state index contributed by atoms with van der Waals surface area (Å²) in [4.78, 5) is 25.9. The molecule has 3 rings (SSSR count). The van der Waals surface area contributed by atoms with Gasteiger partial charge in [0.05, 0.1) is 11.4 Å². The molecule has 1 saturated heterocycles. The van der Waals surface area contributed by atoms with Gasteiger partial charge in [0.25, 0.3) is 11.1 Å². The number of thioether (sulfide) groups is 1. The predicted octanol–water partition coefficient (Wildman–Crippen LogP) is 4.64. The summed E-state index contributed by atoms with van der Waals surface area (Å²) in [5, 5.41) is 19.5. The Morgan fingerprint density at radius 2 is 1.84 bits per heavy atom. The third-order valence-electron chi connectivity index (χ3n) is 3.52. The predicted molar refractivity (Wildman–Crippen MR) is 97.7 cm³/mol. The van der Waals surface area contributed by atoms with Crippen molar-refractivity contribution in [3.8, 4) is 11.5 Å². The van der Waals surface area contributed by atoms with E-state index in [2.05, 4.69) is 0 Å². The highest BCUT2D eigenvalue weighted by Crippen LogP contribution is 2.36. The lowest BCUT2D eigenvalue weighted by Gasteiger charge is -2.13. The SMILES string of the molecule is O=C1S/C(=C\c2ccc(O)cc2O)C(=O)N1Cc1ccc(Cl)cc1Cl. The first-order chi connectivity index (χ1) is 11.8. The molecule has 1 fully saturated rings. The number of halogens is 2. The number of amides is 2. The van der Waals surface area contributed by atoms with Crippen LogP contribution in [0.15, 0.2) is 41.3 Å². The van der Waals surface area contributed by atoms with Gasteiger partial charge < -0.3 is 10.2 Å². The summed E-state index contributed by atoms with van der Waals surface area (Å²) in [6.07, 6.45) is 1.41. The van der Waals surface area contributed by atoms with Crippen LogP contribution in [0.2, 0.25) is 10.0 Å². The standard InChI is InChI=1S/C17H11Cl2NO4S/c18-11-3-1-10(13(19)6-11)8-20-16(23)15(25-17(20)24)5-9-2-4-12(21)7-14(9)22/h1-7,21-22H,8H2/b15-5-. The van der Waals surface area contributed by atoms with Crippen LogP contribution in [0.1, 0.15) is 11.1 Å². The van der Waals surface area contributed by atoms with Crippen LogP contribution in [0.25, 0.3) is 6.08 Å². The van der Waals surface area contributed by atoms with Gasteiger partial charge in [0.2, 0.25) is 0 Å². The third-order valence-corrected chi connectivity index (χ3v) is 5.01. The topological polar surface area (TPSA) is 77.8 Å². The summed E-state index contributed by atoms with van der Waals surface area (Å²) in [5.41, 5.74) is 0.926. The van der Waals surface area contributed by atoms with Crippen LogP contribution in [0.5, 0.6) is 11.5 Å². The first kappa shape index (κ1) is 17.7. The first-order valence-corrected chi connectivity index (χ1v) is 8.63. The van der Waals surface area contributed by atoms with Crippen molar-refractivity contribution in [1.29, 1.82) is 0 Å². The number of benzene rings is 2. The molecule has 0 atom stereocenters. The Labute approximate surface area is 157 Å². The summed E-state index contributed by atoms with van der Waals surface area (Å²) >= 11 is 12.7. The molecular formula is C17H11Cl2NO4S. The summed E-state index contributed by atoms with van der Waals surface area (Å²) in [5.74, 6) is -0.763. The van der Waals surface area contributed by atoms with Crippen molar-refractivity contribution >= 4 is 52.2 Å². The van der Waals surface area contributed by atoms with Crippen molar-refractivity contribution in [3.05, 3.63) is 62.5 Å². The maximum Gasteiger partial charge on any atom is 0.293 e. The monoisotopic (exact) mass is 395 g/mol.